The van der Waals surface area contributed by atoms with Gasteiger partial charge in [0.15, 0.2) is 11.6 Å². The molecular formula is C34H26FIO3S. The Morgan fingerprint density at radius 3 is 2.08 bits per heavy atom. The third kappa shape index (κ3) is 6.13. The van der Waals surface area contributed by atoms with Crippen molar-refractivity contribution >= 4 is 34.4 Å². The number of fused-ring (bicyclic) bond motifs is 1. The van der Waals surface area contributed by atoms with E-state index in [2.05, 4.69) is 52.9 Å². The lowest BCUT2D eigenvalue weighted by atomic mass is 10.00. The van der Waals surface area contributed by atoms with Crippen LogP contribution >= 0.6 is 34.4 Å². The first-order valence-corrected chi connectivity index (χ1v) is 14.9. The Kier molecular flexibility index (Phi) is 8.25. The fraction of sp³-hybridized carbons (Fsp3) is 0.118. The molecule has 1 aliphatic rings. The molecular weight excluding hydrogens is 634 g/mol. The van der Waals surface area contributed by atoms with E-state index in [9.17, 15) is 0 Å². The lowest BCUT2D eigenvalue weighted by Gasteiger charge is -2.34. The average Bonchev–Trinajstić information content (AvgIpc) is 3.01. The highest BCUT2D eigenvalue weighted by atomic mass is 127. The Hall–Kier alpha value is -3.49. The molecule has 1 heterocycles. The summed E-state index contributed by atoms with van der Waals surface area (Å²) in [4.78, 5) is 0.452. The van der Waals surface area contributed by atoms with Crippen molar-refractivity contribution in [1.82, 2.24) is 0 Å². The van der Waals surface area contributed by atoms with Crippen LogP contribution in [-0.4, -0.2) is 0 Å². The fourth-order valence-electron chi connectivity index (χ4n) is 4.62. The molecule has 2 atom stereocenters. The predicted octanol–water partition coefficient (Wildman–Crippen LogP) is 9.56. The highest BCUT2D eigenvalue weighted by Crippen LogP contribution is 2.55. The molecule has 6 heteroatoms. The molecule has 0 saturated carbocycles. The van der Waals surface area contributed by atoms with Crippen molar-refractivity contribution in [3.63, 3.8) is 0 Å². The summed E-state index contributed by atoms with van der Waals surface area (Å²) < 4.78 is 35.5. The summed E-state index contributed by atoms with van der Waals surface area (Å²) in [6.07, 6.45) is -0.311. The van der Waals surface area contributed by atoms with Gasteiger partial charge in [-0.25, -0.2) is 4.39 Å². The average molecular weight is 661 g/mol. The monoisotopic (exact) mass is 660 g/mol. The fourth-order valence-corrected chi connectivity index (χ4v) is 6.29. The molecule has 200 valence electrons. The van der Waals surface area contributed by atoms with Gasteiger partial charge in [0.1, 0.15) is 30.8 Å². The van der Waals surface area contributed by atoms with Crippen molar-refractivity contribution in [2.75, 3.05) is 0 Å². The van der Waals surface area contributed by atoms with Crippen LogP contribution in [0.2, 0.25) is 0 Å². The largest absolute Gasteiger partial charge is 0.489 e. The van der Waals surface area contributed by atoms with Gasteiger partial charge in [0.25, 0.3) is 0 Å². The third-order valence-corrected chi connectivity index (χ3v) is 8.78. The number of rotatable bonds is 8. The van der Waals surface area contributed by atoms with Gasteiger partial charge < -0.3 is 14.2 Å². The van der Waals surface area contributed by atoms with Gasteiger partial charge >= 0.3 is 0 Å². The maximum atomic E-state index is 15.9. The van der Waals surface area contributed by atoms with E-state index in [1.165, 1.54) is 11.8 Å². The highest BCUT2D eigenvalue weighted by molar-refractivity contribution is 14.1. The zero-order chi connectivity index (χ0) is 27.3. The van der Waals surface area contributed by atoms with Gasteiger partial charge in [0.2, 0.25) is 0 Å². The second-order valence-corrected chi connectivity index (χ2v) is 11.9. The van der Waals surface area contributed by atoms with Crippen molar-refractivity contribution in [2.24, 2.45) is 0 Å². The molecule has 1 aliphatic heterocycles. The van der Waals surface area contributed by atoms with Crippen LogP contribution in [0.15, 0.2) is 126 Å². The standard InChI is InChI=1S/C34H26FIO3S/c35-31-29(38-22-24-10-5-2-6-11-24)18-19-30-34(31)40-33(32(39-30)25-14-16-27(36)17-15-25)26-12-7-13-28(20-26)37-21-23-8-3-1-4-9-23/h1-20,32-33H,21-22H2. The van der Waals surface area contributed by atoms with Crippen LogP contribution in [0.25, 0.3) is 0 Å². The van der Waals surface area contributed by atoms with E-state index in [1.54, 1.807) is 12.1 Å². The molecule has 0 saturated heterocycles. The van der Waals surface area contributed by atoms with Crippen LogP contribution in [-0.2, 0) is 13.2 Å². The van der Waals surface area contributed by atoms with E-state index in [1.807, 2.05) is 78.9 Å². The van der Waals surface area contributed by atoms with Gasteiger partial charge in [-0.1, -0.05) is 84.9 Å². The van der Waals surface area contributed by atoms with Crippen LogP contribution < -0.4 is 14.2 Å². The van der Waals surface area contributed by atoms with E-state index >= 15 is 4.39 Å². The summed E-state index contributed by atoms with van der Waals surface area (Å²) in [7, 11) is 0. The molecule has 0 N–H and O–H groups in total. The molecule has 0 radical (unpaired) electrons. The molecule has 0 aliphatic carbocycles. The van der Waals surface area contributed by atoms with E-state index in [0.717, 1.165) is 31.6 Å². The van der Waals surface area contributed by atoms with E-state index in [-0.39, 0.29) is 23.7 Å². The number of halogens is 2. The Balaban J connectivity index is 1.30. The molecule has 0 bridgehead atoms. The third-order valence-electron chi connectivity index (χ3n) is 6.67. The van der Waals surface area contributed by atoms with Crippen LogP contribution in [0.3, 0.4) is 0 Å². The summed E-state index contributed by atoms with van der Waals surface area (Å²) in [5, 5.41) is -0.202. The van der Waals surface area contributed by atoms with Crippen LogP contribution in [0.1, 0.15) is 33.6 Å². The van der Waals surface area contributed by atoms with E-state index in [4.69, 9.17) is 14.2 Å². The molecule has 5 aromatic rings. The Morgan fingerprint density at radius 2 is 1.38 bits per heavy atom. The molecule has 0 spiro atoms. The summed E-state index contributed by atoms with van der Waals surface area (Å²) in [5.41, 5.74) is 4.11. The Morgan fingerprint density at radius 1 is 0.700 bits per heavy atom. The minimum atomic E-state index is -0.402. The van der Waals surface area contributed by atoms with Gasteiger partial charge in [-0.3, -0.25) is 0 Å². The van der Waals surface area contributed by atoms with Crippen molar-refractivity contribution in [2.45, 2.75) is 29.5 Å². The van der Waals surface area contributed by atoms with Crippen LogP contribution in [0.4, 0.5) is 4.39 Å². The number of hydrogen-bond donors (Lipinski definition) is 0. The van der Waals surface area contributed by atoms with E-state index < -0.39 is 5.82 Å². The molecule has 0 aromatic heterocycles. The summed E-state index contributed by atoms with van der Waals surface area (Å²) >= 11 is 3.76. The maximum Gasteiger partial charge on any atom is 0.182 e. The Bertz CT molecular complexity index is 1580. The molecule has 5 aromatic carbocycles. The summed E-state index contributed by atoms with van der Waals surface area (Å²) in [5.74, 6) is 1.09. The van der Waals surface area contributed by atoms with Crippen LogP contribution in [0, 0.1) is 9.39 Å². The van der Waals surface area contributed by atoms with Crippen LogP contribution in [0.5, 0.6) is 17.2 Å². The number of hydrogen-bond acceptors (Lipinski definition) is 4. The maximum absolute atomic E-state index is 15.9. The minimum Gasteiger partial charge on any atom is -0.489 e. The lowest BCUT2D eigenvalue weighted by Crippen LogP contribution is -2.20. The van der Waals surface area contributed by atoms with Gasteiger partial charge in [-0.2, -0.15) is 0 Å². The zero-order valence-electron chi connectivity index (χ0n) is 21.5. The first kappa shape index (κ1) is 26.7. The van der Waals surface area contributed by atoms with Crippen molar-refractivity contribution in [3.8, 4) is 17.2 Å². The van der Waals surface area contributed by atoms with Crippen molar-refractivity contribution in [3.05, 3.63) is 153 Å². The second-order valence-electron chi connectivity index (χ2n) is 9.45. The lowest BCUT2D eigenvalue weighted by molar-refractivity contribution is 0.187. The first-order chi connectivity index (χ1) is 19.6. The first-order valence-electron chi connectivity index (χ1n) is 13.0. The van der Waals surface area contributed by atoms with E-state index in [0.29, 0.717) is 17.3 Å². The molecule has 6 rings (SSSR count). The molecule has 40 heavy (non-hydrogen) atoms. The zero-order valence-corrected chi connectivity index (χ0v) is 24.5. The van der Waals surface area contributed by atoms with Crippen molar-refractivity contribution in [1.29, 1.82) is 0 Å². The van der Waals surface area contributed by atoms with Gasteiger partial charge in [0, 0.05) is 3.57 Å². The van der Waals surface area contributed by atoms with Gasteiger partial charge in [-0.15, -0.1) is 11.8 Å². The minimum absolute atomic E-state index is 0.202. The smallest absolute Gasteiger partial charge is 0.182 e. The van der Waals surface area contributed by atoms with Gasteiger partial charge in [0.05, 0.1) is 10.1 Å². The molecule has 0 amide bonds. The molecule has 0 fully saturated rings. The number of ether oxygens (including phenoxy) is 3. The topological polar surface area (TPSA) is 27.7 Å². The second kappa shape index (κ2) is 12.4. The predicted molar refractivity (Wildman–Crippen MR) is 166 cm³/mol. The SMILES string of the molecule is Fc1c(OCc2ccccc2)ccc2c1SC(c1cccc(OCc3ccccc3)c1)C(c1ccc(I)cc1)O2. The highest BCUT2D eigenvalue weighted by Gasteiger charge is 2.36. The van der Waals surface area contributed by atoms with Gasteiger partial charge in [-0.05, 0) is 81.2 Å². The normalized spacial score (nSPS) is 16.1. The number of thioether (sulfide) groups is 1. The summed E-state index contributed by atoms with van der Waals surface area (Å²) in [6.45, 7) is 0.760. The molecule has 2 unspecified atom stereocenters. The quantitative estimate of drug-likeness (QED) is 0.155. The number of benzene rings is 5. The summed E-state index contributed by atoms with van der Waals surface area (Å²) in [6, 6.07) is 39.6. The van der Waals surface area contributed by atoms with Crippen molar-refractivity contribution < 1.29 is 18.6 Å². The molecule has 3 nitrogen and oxygen atoms in total. The Labute approximate surface area is 251 Å².